The average molecular weight is 591 g/mol. The number of nitrogens with zero attached hydrogens (tertiary/aromatic N) is 1. The van der Waals surface area contributed by atoms with Gasteiger partial charge in [-0.1, -0.05) is 48.3 Å². The van der Waals surface area contributed by atoms with Crippen molar-refractivity contribution in [3.63, 3.8) is 0 Å². The number of hydrogen-bond donors (Lipinski definition) is 4. The molecule has 0 aliphatic heterocycles. The van der Waals surface area contributed by atoms with Gasteiger partial charge < -0.3 is 25.5 Å². The number of nitrogens with one attached hydrogen (secondary N) is 1. The molecule has 0 heterocycles. The fraction of sp³-hybridized carbons (Fsp3) is 0.571. The Bertz CT molecular complexity index is 1260. The van der Waals surface area contributed by atoms with E-state index in [-0.39, 0.29) is 15.8 Å². The van der Waals surface area contributed by atoms with Crippen LogP contribution in [0.2, 0.25) is 0 Å². The number of carbonyl (C=O) groups excluding carboxylic acids is 4. The fourth-order valence-electron chi connectivity index (χ4n) is 6.81. The lowest BCUT2D eigenvalue weighted by Gasteiger charge is -2.55. The minimum Gasteiger partial charge on any atom is -0.507 e. The van der Waals surface area contributed by atoms with Crippen molar-refractivity contribution in [2.75, 3.05) is 14.1 Å². The quantitative estimate of drug-likeness (QED) is 0.301. The van der Waals surface area contributed by atoms with Crippen molar-refractivity contribution < 1.29 is 34.5 Å². The second-order valence-corrected chi connectivity index (χ2v) is 12.5. The summed E-state index contributed by atoms with van der Waals surface area (Å²) in [4.78, 5) is 56.8. The number of amides is 1. The highest BCUT2D eigenvalue weighted by molar-refractivity contribution is 9.11. The fourth-order valence-corrected chi connectivity index (χ4v) is 7.86. The van der Waals surface area contributed by atoms with Crippen LogP contribution in [0.3, 0.4) is 0 Å². The molecule has 1 unspecified atom stereocenters. The van der Waals surface area contributed by atoms with E-state index in [1.807, 2.05) is 20.8 Å². The number of aliphatic hydroxyl groups excluding tert-OH is 1. The predicted molar refractivity (Wildman–Crippen MR) is 143 cm³/mol. The van der Waals surface area contributed by atoms with Crippen molar-refractivity contribution in [1.29, 1.82) is 0 Å². The maximum absolute atomic E-state index is 14.1. The zero-order valence-electron chi connectivity index (χ0n) is 22.4. The molecule has 10 heteroatoms. The molecule has 0 bridgehead atoms. The molecule has 7 atom stereocenters. The molecular formula is C28H35BrN2O7. The summed E-state index contributed by atoms with van der Waals surface area (Å²) >= 11 is 3.42. The van der Waals surface area contributed by atoms with Crippen LogP contribution >= 0.6 is 15.9 Å². The molecule has 1 amide bonds. The summed E-state index contributed by atoms with van der Waals surface area (Å²) in [6.45, 7) is 7.32. The molecule has 0 spiro atoms. The van der Waals surface area contributed by atoms with Crippen LogP contribution in [0.15, 0.2) is 28.3 Å². The van der Waals surface area contributed by atoms with Gasteiger partial charge in [-0.15, -0.1) is 0 Å². The van der Waals surface area contributed by atoms with Gasteiger partial charge in [0.15, 0.2) is 17.2 Å². The number of Topliss-reactive ketones (excluding diaryl/α,β-unsaturated/α-hetero) is 3. The van der Waals surface area contributed by atoms with Gasteiger partial charge in [0.05, 0.1) is 29.2 Å². The highest BCUT2D eigenvalue weighted by Gasteiger charge is 2.70. The number of rotatable bonds is 5. The molecule has 4 N–H and O–H groups in total. The van der Waals surface area contributed by atoms with Crippen molar-refractivity contribution in [1.82, 2.24) is 10.2 Å². The molecule has 1 saturated carbocycles. The molecule has 4 rings (SSSR count). The van der Waals surface area contributed by atoms with Gasteiger partial charge in [-0.05, 0) is 51.9 Å². The van der Waals surface area contributed by atoms with Gasteiger partial charge in [-0.25, -0.2) is 0 Å². The highest BCUT2D eigenvalue weighted by atomic mass is 79.9. The molecular weight excluding hydrogens is 556 g/mol. The Morgan fingerprint density at radius 1 is 1.21 bits per heavy atom. The molecule has 1 fully saturated rings. The average Bonchev–Trinajstić information content (AvgIpc) is 2.80. The molecule has 0 saturated heterocycles. The van der Waals surface area contributed by atoms with Gasteiger partial charge in [0.2, 0.25) is 5.78 Å². The lowest BCUT2D eigenvalue weighted by atomic mass is 9.51. The minimum absolute atomic E-state index is 0.0488. The summed E-state index contributed by atoms with van der Waals surface area (Å²) in [6.07, 6.45) is -0.0588. The van der Waals surface area contributed by atoms with E-state index in [0.29, 0.717) is 12.0 Å². The number of fused-ring (bicyclic) bond motifs is 3. The molecule has 206 valence electrons. The SMILES string of the molecule is CCCC(C)(C)NC(=O)C1=C(Br)[C@H](N(C)C)[C@H]2[C@H](O)[C@@H]3C(C(=O)c4c(O)cccc4[C@H]3C)C(=O)[C@@]2(O)C1=O. The lowest BCUT2D eigenvalue weighted by Crippen LogP contribution is -2.74. The third-order valence-electron chi connectivity index (χ3n) is 8.48. The third kappa shape index (κ3) is 3.99. The van der Waals surface area contributed by atoms with Crippen LogP contribution in [0, 0.1) is 17.8 Å². The number of benzene rings is 1. The van der Waals surface area contributed by atoms with E-state index in [1.165, 1.54) is 6.07 Å². The molecule has 38 heavy (non-hydrogen) atoms. The van der Waals surface area contributed by atoms with Crippen LogP contribution in [0.4, 0.5) is 0 Å². The van der Waals surface area contributed by atoms with Crippen molar-refractivity contribution >= 4 is 39.2 Å². The molecule has 1 aromatic carbocycles. The lowest BCUT2D eigenvalue weighted by molar-refractivity contribution is -0.184. The highest BCUT2D eigenvalue weighted by Crippen LogP contribution is 2.55. The van der Waals surface area contributed by atoms with Crippen LogP contribution in [-0.2, 0) is 14.4 Å². The maximum atomic E-state index is 14.1. The summed E-state index contributed by atoms with van der Waals surface area (Å²) in [6, 6.07) is 3.67. The number of ketones is 3. The zero-order valence-corrected chi connectivity index (χ0v) is 24.0. The van der Waals surface area contributed by atoms with E-state index in [0.717, 1.165) is 6.42 Å². The first-order valence-electron chi connectivity index (χ1n) is 12.9. The molecule has 0 aromatic heterocycles. The third-order valence-corrected chi connectivity index (χ3v) is 9.35. The van der Waals surface area contributed by atoms with Crippen LogP contribution in [0.5, 0.6) is 5.75 Å². The number of carbonyl (C=O) groups is 4. The number of aromatic hydroxyl groups is 1. The molecule has 1 aromatic rings. The molecule has 3 aliphatic carbocycles. The van der Waals surface area contributed by atoms with Gasteiger partial charge in [-0.3, -0.25) is 19.2 Å². The number of aliphatic hydroxyl groups is 2. The van der Waals surface area contributed by atoms with Crippen LogP contribution in [0.25, 0.3) is 0 Å². The predicted octanol–water partition coefficient (Wildman–Crippen LogP) is 2.07. The van der Waals surface area contributed by atoms with Crippen LogP contribution in [0.1, 0.15) is 62.4 Å². The Morgan fingerprint density at radius 2 is 1.84 bits per heavy atom. The Kier molecular flexibility index (Phi) is 7.27. The van der Waals surface area contributed by atoms with Crippen molar-refractivity contribution in [2.24, 2.45) is 17.8 Å². The van der Waals surface area contributed by atoms with Crippen molar-refractivity contribution in [2.45, 2.75) is 69.7 Å². The van der Waals surface area contributed by atoms with E-state index in [9.17, 15) is 34.5 Å². The first-order chi connectivity index (χ1) is 17.6. The normalized spacial score (nSPS) is 33.2. The van der Waals surface area contributed by atoms with E-state index in [4.69, 9.17) is 0 Å². The Hall–Kier alpha value is -2.40. The number of hydrogen-bond acceptors (Lipinski definition) is 8. The Labute approximate surface area is 230 Å². The minimum atomic E-state index is -2.83. The van der Waals surface area contributed by atoms with Gasteiger partial charge in [0.1, 0.15) is 5.75 Å². The summed E-state index contributed by atoms with van der Waals surface area (Å²) in [5.41, 5.74) is -3.47. The Balaban J connectivity index is 1.90. The van der Waals surface area contributed by atoms with E-state index < -0.39 is 75.8 Å². The van der Waals surface area contributed by atoms with E-state index >= 15 is 0 Å². The van der Waals surface area contributed by atoms with Gasteiger partial charge in [0.25, 0.3) is 5.91 Å². The summed E-state index contributed by atoms with van der Waals surface area (Å²) < 4.78 is 0.158. The molecule has 9 nitrogen and oxygen atoms in total. The van der Waals surface area contributed by atoms with Gasteiger partial charge in [-0.2, -0.15) is 0 Å². The second-order valence-electron chi connectivity index (χ2n) is 11.6. The largest absolute Gasteiger partial charge is 0.507 e. The van der Waals surface area contributed by atoms with Crippen molar-refractivity contribution in [3.05, 3.63) is 39.4 Å². The molecule has 0 radical (unpaired) electrons. The Morgan fingerprint density at radius 3 is 2.42 bits per heavy atom. The van der Waals surface area contributed by atoms with Crippen LogP contribution < -0.4 is 5.32 Å². The standard InChI is InChI=1S/C28H35BrN2O7/c1-7-11-27(3,4)30-26(37)18-20(29)21(31(5)6)19-23(34)15-12(2)13-9-8-10-14(32)16(13)22(33)17(15)24(35)28(19,38)25(18)36/h8-10,12,15,17,19,21,23,32,34,38H,7,11H2,1-6H3,(H,30,37)/t12-,15+,17?,19+,21-,23-,28-/m1/s1. The topological polar surface area (TPSA) is 144 Å². The second kappa shape index (κ2) is 9.66. The first kappa shape index (κ1) is 28.6. The van der Waals surface area contributed by atoms with Gasteiger partial charge >= 0.3 is 0 Å². The number of phenols is 1. The monoisotopic (exact) mass is 590 g/mol. The van der Waals surface area contributed by atoms with E-state index in [2.05, 4.69) is 21.2 Å². The van der Waals surface area contributed by atoms with E-state index in [1.54, 1.807) is 38.1 Å². The first-order valence-corrected chi connectivity index (χ1v) is 13.6. The summed E-state index contributed by atoms with van der Waals surface area (Å²) in [7, 11) is 3.32. The zero-order chi connectivity index (χ0) is 28.5. The number of phenolic OH excluding ortho intramolecular Hbond substituents is 1. The number of likely N-dealkylation sites (N-methyl/N-ethyl adjacent to an activating group) is 1. The van der Waals surface area contributed by atoms with Crippen molar-refractivity contribution in [3.8, 4) is 5.75 Å². The summed E-state index contributed by atoms with van der Waals surface area (Å²) in [5.74, 6) is -8.41. The van der Waals surface area contributed by atoms with Gasteiger partial charge in [0, 0.05) is 21.9 Å². The number of halogens is 1. The van der Waals surface area contributed by atoms with Crippen LogP contribution in [-0.4, -0.2) is 80.9 Å². The summed E-state index contributed by atoms with van der Waals surface area (Å²) in [5, 5.41) is 37.0. The molecule has 3 aliphatic rings. The smallest absolute Gasteiger partial charge is 0.256 e. The maximum Gasteiger partial charge on any atom is 0.256 e.